The van der Waals surface area contributed by atoms with Gasteiger partial charge >= 0.3 is 0 Å². The zero-order valence-corrected chi connectivity index (χ0v) is 9.80. The van der Waals surface area contributed by atoms with Crippen molar-refractivity contribution in [2.24, 2.45) is 5.73 Å². The van der Waals surface area contributed by atoms with Crippen molar-refractivity contribution in [1.82, 2.24) is 0 Å². The first kappa shape index (κ1) is 12.3. The second kappa shape index (κ2) is 3.64. The van der Waals surface area contributed by atoms with Gasteiger partial charge < -0.3 is 10.5 Å². The van der Waals surface area contributed by atoms with Gasteiger partial charge in [-0.3, -0.25) is 0 Å². The maximum absolute atomic E-state index is 13.8. The van der Waals surface area contributed by atoms with Crippen molar-refractivity contribution in [1.29, 1.82) is 0 Å². The van der Waals surface area contributed by atoms with Crippen LogP contribution in [0.2, 0.25) is 0 Å². The molecule has 7 heteroatoms. The van der Waals surface area contributed by atoms with Gasteiger partial charge in [-0.25, -0.2) is 8.42 Å². The molecule has 0 aliphatic carbocycles. The van der Waals surface area contributed by atoms with E-state index in [1.165, 1.54) is 19.2 Å². The lowest BCUT2D eigenvalue weighted by Gasteiger charge is -2.31. The molecule has 1 aromatic carbocycles. The molecule has 1 aromatic rings. The number of rotatable bonds is 1. The lowest BCUT2D eigenvalue weighted by Crippen LogP contribution is -2.48. The van der Waals surface area contributed by atoms with Crippen LogP contribution in [-0.4, -0.2) is 27.3 Å². The molecule has 2 rings (SSSR count). The Morgan fingerprint density at radius 3 is 2.71 bits per heavy atom. The molecule has 0 aromatic heterocycles. The molecule has 1 aliphatic heterocycles. The first-order chi connectivity index (χ1) is 7.80. The third-order valence-electron chi connectivity index (χ3n) is 2.73. The topological polar surface area (TPSA) is 69.4 Å². The highest BCUT2D eigenvalue weighted by atomic mass is 32.2. The molecule has 2 N–H and O–H groups in total. The van der Waals surface area contributed by atoms with E-state index in [4.69, 9.17) is 10.5 Å². The summed E-state index contributed by atoms with van der Waals surface area (Å²) in [6.07, 6.45) is 0. The summed E-state index contributed by atoms with van der Waals surface area (Å²) >= 11 is 0. The third-order valence-corrected chi connectivity index (χ3v) is 4.57. The maximum atomic E-state index is 13.8. The van der Waals surface area contributed by atoms with Crippen LogP contribution in [0.5, 0.6) is 5.75 Å². The normalized spacial score (nSPS) is 25.1. The first-order valence-electron chi connectivity index (χ1n) is 4.84. The van der Waals surface area contributed by atoms with Crippen LogP contribution in [0.1, 0.15) is 5.56 Å². The number of hydrogen-bond acceptors (Lipinski definition) is 4. The van der Waals surface area contributed by atoms with E-state index in [-0.39, 0.29) is 5.75 Å². The number of benzene rings is 1. The number of alkyl halides is 2. The lowest BCUT2D eigenvalue weighted by molar-refractivity contribution is -0.0302. The Morgan fingerprint density at radius 1 is 1.47 bits per heavy atom. The van der Waals surface area contributed by atoms with Gasteiger partial charge in [0.25, 0.3) is 5.92 Å². The second-order valence-corrected chi connectivity index (χ2v) is 5.82. The minimum atomic E-state index is -3.84. The van der Waals surface area contributed by atoms with Crippen LogP contribution in [0.15, 0.2) is 23.1 Å². The zero-order chi connectivity index (χ0) is 12.8. The predicted octanol–water partition coefficient (Wildman–Crippen LogP) is 0.902. The molecular weight excluding hydrogens is 252 g/mol. The lowest BCUT2D eigenvalue weighted by atomic mass is 10.0. The number of sulfone groups is 1. The Bertz CT molecular complexity index is 557. The van der Waals surface area contributed by atoms with Crippen molar-refractivity contribution < 1.29 is 21.9 Å². The summed E-state index contributed by atoms with van der Waals surface area (Å²) in [5.74, 6) is -4.23. The Kier molecular flexibility index (Phi) is 2.62. The van der Waals surface area contributed by atoms with E-state index in [2.05, 4.69) is 0 Å². The zero-order valence-electron chi connectivity index (χ0n) is 8.98. The number of halogens is 2. The van der Waals surface area contributed by atoms with E-state index >= 15 is 0 Å². The monoisotopic (exact) mass is 263 g/mol. The van der Waals surface area contributed by atoms with Gasteiger partial charge in [-0.05, 0) is 6.07 Å². The van der Waals surface area contributed by atoms with E-state index < -0.39 is 38.0 Å². The second-order valence-electron chi connectivity index (χ2n) is 3.85. The van der Waals surface area contributed by atoms with Gasteiger partial charge in [0.1, 0.15) is 10.6 Å². The minimum absolute atomic E-state index is 0.0749. The van der Waals surface area contributed by atoms with Gasteiger partial charge in [0.05, 0.1) is 18.9 Å². The molecule has 4 nitrogen and oxygen atoms in total. The number of ether oxygens (including phenoxy) is 1. The molecule has 0 saturated heterocycles. The average Bonchev–Trinajstić information content (AvgIpc) is 2.25. The molecule has 0 saturated carbocycles. The fourth-order valence-corrected chi connectivity index (χ4v) is 3.73. The first-order valence-corrected chi connectivity index (χ1v) is 6.49. The maximum Gasteiger partial charge on any atom is 0.290 e. The van der Waals surface area contributed by atoms with Crippen molar-refractivity contribution in [3.63, 3.8) is 0 Å². The highest BCUT2D eigenvalue weighted by molar-refractivity contribution is 7.91. The van der Waals surface area contributed by atoms with Gasteiger partial charge in [0.15, 0.2) is 9.84 Å². The SMILES string of the molecule is COc1cccc2c1S(=O)(=O)CC(N)C2(F)F. The Hall–Kier alpha value is -1.21. The molecule has 1 heterocycles. The van der Waals surface area contributed by atoms with E-state index in [9.17, 15) is 17.2 Å². The van der Waals surface area contributed by atoms with Crippen molar-refractivity contribution in [3.8, 4) is 5.75 Å². The fourth-order valence-electron chi connectivity index (χ4n) is 1.88. The third kappa shape index (κ3) is 1.69. The molecule has 0 radical (unpaired) electrons. The van der Waals surface area contributed by atoms with E-state index in [0.29, 0.717) is 0 Å². The number of nitrogens with two attached hydrogens (primary N) is 1. The minimum Gasteiger partial charge on any atom is -0.495 e. The van der Waals surface area contributed by atoms with Gasteiger partial charge in [-0.2, -0.15) is 8.78 Å². The molecule has 17 heavy (non-hydrogen) atoms. The summed E-state index contributed by atoms with van der Waals surface area (Å²) in [7, 11) is -2.60. The van der Waals surface area contributed by atoms with Crippen LogP contribution < -0.4 is 10.5 Å². The van der Waals surface area contributed by atoms with Crippen LogP contribution in [0.4, 0.5) is 8.78 Å². The van der Waals surface area contributed by atoms with Crippen LogP contribution >= 0.6 is 0 Å². The molecule has 1 aliphatic rings. The Morgan fingerprint density at radius 2 is 2.12 bits per heavy atom. The van der Waals surface area contributed by atoms with Crippen LogP contribution in [0.25, 0.3) is 0 Å². The smallest absolute Gasteiger partial charge is 0.290 e. The summed E-state index contributed by atoms with van der Waals surface area (Å²) in [6, 6.07) is 1.99. The molecule has 1 unspecified atom stereocenters. The number of hydrogen-bond donors (Lipinski definition) is 1. The summed E-state index contributed by atoms with van der Waals surface area (Å²) in [4.78, 5) is -0.450. The molecule has 0 spiro atoms. The average molecular weight is 263 g/mol. The highest BCUT2D eigenvalue weighted by Gasteiger charge is 2.50. The Balaban J connectivity index is 2.82. The molecule has 0 amide bonds. The van der Waals surface area contributed by atoms with Crippen molar-refractivity contribution in [2.45, 2.75) is 16.9 Å². The summed E-state index contributed by atoms with van der Waals surface area (Å²) in [5, 5.41) is 0. The highest BCUT2D eigenvalue weighted by Crippen LogP contribution is 2.44. The summed E-state index contributed by atoms with van der Waals surface area (Å²) < 4.78 is 56.1. The molecule has 0 bridgehead atoms. The summed E-state index contributed by atoms with van der Waals surface area (Å²) in [5.41, 5.74) is 4.64. The fraction of sp³-hybridized carbons (Fsp3) is 0.400. The van der Waals surface area contributed by atoms with Crippen molar-refractivity contribution in [3.05, 3.63) is 23.8 Å². The summed E-state index contributed by atoms with van der Waals surface area (Å²) in [6.45, 7) is 0. The van der Waals surface area contributed by atoms with E-state index in [1.54, 1.807) is 0 Å². The van der Waals surface area contributed by atoms with Crippen LogP contribution in [-0.2, 0) is 15.8 Å². The molecule has 1 atom stereocenters. The number of methoxy groups -OCH3 is 1. The van der Waals surface area contributed by atoms with Crippen LogP contribution in [0, 0.1) is 0 Å². The van der Waals surface area contributed by atoms with Crippen molar-refractivity contribution >= 4 is 9.84 Å². The standard InChI is InChI=1S/C10H11F2NO3S/c1-16-7-4-2-3-6-9(7)17(14,15)5-8(13)10(6,11)12/h2-4,8H,5,13H2,1H3. The van der Waals surface area contributed by atoms with Crippen molar-refractivity contribution in [2.75, 3.05) is 12.9 Å². The van der Waals surface area contributed by atoms with E-state index in [0.717, 1.165) is 6.07 Å². The molecule has 94 valence electrons. The van der Waals surface area contributed by atoms with Gasteiger partial charge in [-0.1, -0.05) is 12.1 Å². The largest absolute Gasteiger partial charge is 0.495 e. The van der Waals surface area contributed by atoms with Crippen LogP contribution in [0.3, 0.4) is 0 Å². The number of fused-ring (bicyclic) bond motifs is 1. The molecule has 0 fully saturated rings. The van der Waals surface area contributed by atoms with E-state index in [1.807, 2.05) is 0 Å². The Labute approximate surface area is 97.3 Å². The molecular formula is C10H11F2NO3S. The van der Waals surface area contributed by atoms with Gasteiger partial charge in [0.2, 0.25) is 0 Å². The van der Waals surface area contributed by atoms with Gasteiger partial charge in [-0.15, -0.1) is 0 Å². The predicted molar refractivity (Wildman–Crippen MR) is 56.9 cm³/mol. The quantitative estimate of drug-likeness (QED) is 0.817. The van der Waals surface area contributed by atoms with Gasteiger partial charge in [0, 0.05) is 5.56 Å².